The molecule has 2 aromatic carbocycles. The van der Waals surface area contributed by atoms with E-state index in [2.05, 4.69) is 10.3 Å². The molecular formula is C18H15FN2O2S. The molecule has 0 fully saturated rings. The number of hydrogen-bond donors (Lipinski definition) is 1. The van der Waals surface area contributed by atoms with Gasteiger partial charge in [0.15, 0.2) is 5.13 Å². The number of para-hydroxylation sites is 1. The first-order valence-electron chi connectivity index (χ1n) is 7.31. The molecule has 24 heavy (non-hydrogen) atoms. The number of halogens is 1. The molecule has 0 bridgehead atoms. The van der Waals surface area contributed by atoms with E-state index in [1.165, 1.54) is 23.5 Å². The van der Waals surface area contributed by atoms with Crippen molar-refractivity contribution in [1.82, 2.24) is 4.98 Å². The first-order valence-corrected chi connectivity index (χ1v) is 8.19. The summed E-state index contributed by atoms with van der Waals surface area (Å²) in [5.41, 5.74) is 2.10. The Morgan fingerprint density at radius 1 is 1.21 bits per heavy atom. The average Bonchev–Trinajstić information content (AvgIpc) is 2.99. The molecule has 0 aliphatic carbocycles. The van der Waals surface area contributed by atoms with Crippen LogP contribution in [-0.2, 0) is 6.61 Å². The molecule has 3 aromatic rings. The van der Waals surface area contributed by atoms with E-state index >= 15 is 0 Å². The maximum atomic E-state index is 12.9. The number of carbonyl (C=O) groups excluding carboxylic acids is 1. The van der Waals surface area contributed by atoms with E-state index in [0.29, 0.717) is 16.4 Å². The van der Waals surface area contributed by atoms with Crippen molar-refractivity contribution in [3.63, 3.8) is 0 Å². The lowest BCUT2D eigenvalue weighted by atomic mass is 10.2. The summed E-state index contributed by atoms with van der Waals surface area (Å²) >= 11 is 1.37. The van der Waals surface area contributed by atoms with E-state index in [9.17, 15) is 9.18 Å². The van der Waals surface area contributed by atoms with Crippen LogP contribution >= 0.6 is 11.3 Å². The van der Waals surface area contributed by atoms with Gasteiger partial charge in [-0.3, -0.25) is 10.1 Å². The number of amides is 1. The smallest absolute Gasteiger partial charge is 0.261 e. The fourth-order valence-electron chi connectivity index (χ4n) is 2.10. The molecule has 0 aliphatic heterocycles. The molecule has 0 saturated heterocycles. The number of hydrogen-bond acceptors (Lipinski definition) is 4. The van der Waals surface area contributed by atoms with Gasteiger partial charge in [0.25, 0.3) is 5.91 Å². The van der Waals surface area contributed by atoms with Crippen LogP contribution in [0.1, 0.15) is 21.6 Å². The number of thiazole rings is 1. The van der Waals surface area contributed by atoms with E-state index in [4.69, 9.17) is 4.74 Å². The molecule has 0 spiro atoms. The summed E-state index contributed by atoms with van der Waals surface area (Å²) in [7, 11) is 0. The molecule has 0 saturated carbocycles. The minimum absolute atomic E-state index is 0.251. The SMILES string of the molecule is Cc1csc(NC(=O)c2ccccc2OCc2ccc(F)cc2)n1. The van der Waals surface area contributed by atoms with E-state index in [0.717, 1.165) is 11.3 Å². The van der Waals surface area contributed by atoms with Gasteiger partial charge in [0.05, 0.1) is 11.3 Å². The first kappa shape index (κ1) is 16.1. The van der Waals surface area contributed by atoms with Crippen LogP contribution in [0.15, 0.2) is 53.9 Å². The third kappa shape index (κ3) is 3.97. The van der Waals surface area contributed by atoms with Crippen molar-refractivity contribution < 1.29 is 13.9 Å². The molecule has 1 amide bonds. The minimum atomic E-state index is -0.294. The topological polar surface area (TPSA) is 51.2 Å². The minimum Gasteiger partial charge on any atom is -0.488 e. The lowest BCUT2D eigenvalue weighted by Crippen LogP contribution is -2.13. The maximum absolute atomic E-state index is 12.9. The Balaban J connectivity index is 1.72. The van der Waals surface area contributed by atoms with Crippen molar-refractivity contribution in [3.05, 3.63) is 76.5 Å². The highest BCUT2D eigenvalue weighted by atomic mass is 32.1. The third-order valence-electron chi connectivity index (χ3n) is 3.28. The zero-order valence-corrected chi connectivity index (χ0v) is 13.8. The van der Waals surface area contributed by atoms with Crippen molar-refractivity contribution in [3.8, 4) is 5.75 Å². The van der Waals surface area contributed by atoms with Gasteiger partial charge in [-0.25, -0.2) is 9.37 Å². The van der Waals surface area contributed by atoms with Gasteiger partial charge in [0.2, 0.25) is 0 Å². The average molecular weight is 342 g/mol. The number of carbonyl (C=O) groups is 1. The summed E-state index contributed by atoms with van der Waals surface area (Å²) in [6.45, 7) is 2.12. The highest BCUT2D eigenvalue weighted by Crippen LogP contribution is 2.22. The molecule has 1 heterocycles. The summed E-state index contributed by atoms with van der Waals surface area (Å²) in [5, 5.41) is 5.18. The predicted molar refractivity (Wildman–Crippen MR) is 92.0 cm³/mol. The molecule has 0 aliphatic rings. The van der Waals surface area contributed by atoms with Crippen LogP contribution in [0.2, 0.25) is 0 Å². The van der Waals surface area contributed by atoms with E-state index in [1.54, 1.807) is 36.4 Å². The number of benzene rings is 2. The molecular weight excluding hydrogens is 327 g/mol. The summed E-state index contributed by atoms with van der Waals surface area (Å²) in [6.07, 6.45) is 0. The lowest BCUT2D eigenvalue weighted by molar-refractivity contribution is 0.102. The highest BCUT2D eigenvalue weighted by Gasteiger charge is 2.14. The molecule has 1 N–H and O–H groups in total. The van der Waals surface area contributed by atoms with Crippen molar-refractivity contribution >= 4 is 22.4 Å². The Kier molecular flexibility index (Phi) is 4.86. The van der Waals surface area contributed by atoms with Crippen molar-refractivity contribution in [2.24, 2.45) is 0 Å². The van der Waals surface area contributed by atoms with Crippen LogP contribution in [-0.4, -0.2) is 10.9 Å². The molecule has 0 atom stereocenters. The van der Waals surface area contributed by atoms with Crippen LogP contribution in [0.4, 0.5) is 9.52 Å². The summed E-state index contributed by atoms with van der Waals surface area (Å²) in [6, 6.07) is 13.0. The normalized spacial score (nSPS) is 10.4. The van der Waals surface area contributed by atoms with E-state index in [-0.39, 0.29) is 18.3 Å². The van der Waals surface area contributed by atoms with Gasteiger partial charge >= 0.3 is 0 Å². The number of nitrogens with zero attached hydrogens (tertiary/aromatic N) is 1. The van der Waals surface area contributed by atoms with Crippen LogP contribution in [0.3, 0.4) is 0 Å². The number of anilines is 1. The molecule has 6 heteroatoms. The Morgan fingerprint density at radius 2 is 1.96 bits per heavy atom. The second-order valence-electron chi connectivity index (χ2n) is 5.16. The van der Waals surface area contributed by atoms with Gasteiger partial charge in [0.1, 0.15) is 18.2 Å². The van der Waals surface area contributed by atoms with Gasteiger partial charge in [-0.05, 0) is 36.8 Å². The summed E-state index contributed by atoms with van der Waals surface area (Å²) in [4.78, 5) is 16.6. The molecule has 0 unspecified atom stereocenters. The Morgan fingerprint density at radius 3 is 2.67 bits per heavy atom. The van der Waals surface area contributed by atoms with Crippen molar-refractivity contribution in [2.45, 2.75) is 13.5 Å². The zero-order valence-electron chi connectivity index (χ0n) is 13.0. The molecule has 122 valence electrons. The Hall–Kier alpha value is -2.73. The Bertz CT molecular complexity index is 846. The van der Waals surface area contributed by atoms with Gasteiger partial charge in [-0.1, -0.05) is 24.3 Å². The third-order valence-corrected chi connectivity index (χ3v) is 4.15. The fraction of sp³-hybridized carbons (Fsp3) is 0.111. The fourth-order valence-corrected chi connectivity index (χ4v) is 2.78. The first-order chi connectivity index (χ1) is 11.6. The summed E-state index contributed by atoms with van der Waals surface area (Å²) < 4.78 is 18.7. The number of nitrogens with one attached hydrogen (secondary N) is 1. The summed E-state index contributed by atoms with van der Waals surface area (Å²) in [5.74, 6) is -0.107. The van der Waals surface area contributed by atoms with Gasteiger partial charge in [0, 0.05) is 5.38 Å². The van der Waals surface area contributed by atoms with Crippen LogP contribution in [0.25, 0.3) is 0 Å². The predicted octanol–water partition coefficient (Wildman–Crippen LogP) is 4.42. The van der Waals surface area contributed by atoms with Crippen LogP contribution < -0.4 is 10.1 Å². The second kappa shape index (κ2) is 7.23. The van der Waals surface area contributed by atoms with Crippen LogP contribution in [0, 0.1) is 12.7 Å². The zero-order chi connectivity index (χ0) is 16.9. The monoisotopic (exact) mass is 342 g/mol. The van der Waals surface area contributed by atoms with E-state index in [1.807, 2.05) is 12.3 Å². The molecule has 3 rings (SSSR count). The lowest BCUT2D eigenvalue weighted by Gasteiger charge is -2.11. The van der Waals surface area contributed by atoms with Crippen molar-refractivity contribution in [1.29, 1.82) is 0 Å². The molecule has 0 radical (unpaired) electrons. The Labute approximate surface area is 142 Å². The quantitative estimate of drug-likeness (QED) is 0.747. The molecule has 1 aromatic heterocycles. The number of ether oxygens (including phenoxy) is 1. The highest BCUT2D eigenvalue weighted by molar-refractivity contribution is 7.13. The van der Waals surface area contributed by atoms with Gasteiger partial charge < -0.3 is 4.74 Å². The number of aromatic nitrogens is 1. The number of aryl methyl sites for hydroxylation is 1. The number of rotatable bonds is 5. The van der Waals surface area contributed by atoms with Gasteiger partial charge in [-0.2, -0.15) is 0 Å². The van der Waals surface area contributed by atoms with Gasteiger partial charge in [-0.15, -0.1) is 11.3 Å². The second-order valence-corrected chi connectivity index (χ2v) is 6.02. The van der Waals surface area contributed by atoms with E-state index < -0.39 is 0 Å². The standard InChI is InChI=1S/C18H15FN2O2S/c1-12-11-24-18(20-12)21-17(22)15-4-2-3-5-16(15)23-10-13-6-8-14(19)9-7-13/h2-9,11H,10H2,1H3,(H,20,21,22). The molecule has 4 nitrogen and oxygen atoms in total. The maximum Gasteiger partial charge on any atom is 0.261 e. The van der Waals surface area contributed by atoms with Crippen molar-refractivity contribution in [2.75, 3.05) is 5.32 Å². The largest absolute Gasteiger partial charge is 0.488 e. The van der Waals surface area contributed by atoms with Crippen LogP contribution in [0.5, 0.6) is 5.75 Å².